The van der Waals surface area contributed by atoms with Gasteiger partial charge in [-0.15, -0.1) is 0 Å². The molecule has 2 aromatic heterocycles. The lowest BCUT2D eigenvalue weighted by molar-refractivity contribution is -0.384. The second-order valence-electron chi connectivity index (χ2n) is 9.16. The maximum atomic E-state index is 13.4. The first-order valence-corrected chi connectivity index (χ1v) is 12.3. The molecule has 196 valence electrons. The Morgan fingerprint density at radius 2 is 1.92 bits per heavy atom. The predicted molar refractivity (Wildman–Crippen MR) is 144 cm³/mol. The number of para-hydroxylation sites is 1. The van der Waals surface area contributed by atoms with Gasteiger partial charge in [-0.1, -0.05) is 30.3 Å². The topological polar surface area (TPSA) is 133 Å². The Balaban J connectivity index is 1.45. The molecule has 5 rings (SSSR count). The molecule has 2 aromatic carbocycles. The van der Waals surface area contributed by atoms with Gasteiger partial charge in [0.05, 0.1) is 21.7 Å². The fourth-order valence-corrected chi connectivity index (χ4v) is 4.76. The first-order chi connectivity index (χ1) is 18.8. The van der Waals surface area contributed by atoms with Crippen LogP contribution in [0.3, 0.4) is 0 Å². The highest BCUT2D eigenvalue weighted by Crippen LogP contribution is 2.36. The third kappa shape index (κ3) is 5.30. The van der Waals surface area contributed by atoms with E-state index in [0.717, 1.165) is 12.0 Å². The number of imide groups is 1. The lowest BCUT2D eigenvalue weighted by Crippen LogP contribution is -2.35. The standard InChI is InChI=1S/C29H24N4O6/c1-32-14-6-13-24(32)28(35)31-25(34)17-39-29(36)26-21-10-2-3-12-23(21)30-27-19(8-5-11-22(26)27)15-18-7-4-9-20(16-18)33(37)38/h2-4,6-7,9-10,12-16H,5,8,11,17H2,1H3,(H,31,34,35)/b19-15+. The number of allylic oxidation sites excluding steroid dienone is 1. The molecule has 10 nitrogen and oxygen atoms in total. The molecule has 0 saturated heterocycles. The van der Waals surface area contributed by atoms with Gasteiger partial charge in [-0.3, -0.25) is 25.0 Å². The average molecular weight is 525 g/mol. The molecule has 0 saturated carbocycles. The van der Waals surface area contributed by atoms with E-state index < -0.39 is 29.3 Å². The van der Waals surface area contributed by atoms with E-state index >= 15 is 0 Å². The number of esters is 1. The summed E-state index contributed by atoms with van der Waals surface area (Å²) in [7, 11) is 1.68. The Kier molecular flexibility index (Phi) is 7.00. The molecular weight excluding hydrogens is 500 g/mol. The minimum Gasteiger partial charge on any atom is -0.452 e. The summed E-state index contributed by atoms with van der Waals surface area (Å²) in [6, 6.07) is 16.7. The van der Waals surface area contributed by atoms with Crippen LogP contribution in [0.5, 0.6) is 0 Å². The maximum absolute atomic E-state index is 13.4. The number of nitro benzene ring substituents is 1. The van der Waals surface area contributed by atoms with E-state index in [1.807, 2.05) is 12.1 Å². The number of nitro groups is 1. The minimum atomic E-state index is -0.743. The van der Waals surface area contributed by atoms with Gasteiger partial charge in [0.25, 0.3) is 17.5 Å². The van der Waals surface area contributed by atoms with Crippen molar-refractivity contribution < 1.29 is 24.0 Å². The average Bonchev–Trinajstić information content (AvgIpc) is 3.37. The Labute approximate surface area is 223 Å². The number of nitrogens with zero attached hydrogens (tertiary/aromatic N) is 3. The van der Waals surface area contributed by atoms with E-state index in [2.05, 4.69) is 5.32 Å². The van der Waals surface area contributed by atoms with Crippen molar-refractivity contribution in [1.82, 2.24) is 14.9 Å². The van der Waals surface area contributed by atoms with Gasteiger partial charge in [-0.2, -0.15) is 0 Å². The van der Waals surface area contributed by atoms with Crippen LogP contribution in [-0.4, -0.2) is 38.9 Å². The molecule has 2 heterocycles. The van der Waals surface area contributed by atoms with Gasteiger partial charge in [-0.25, -0.2) is 9.78 Å². The summed E-state index contributed by atoms with van der Waals surface area (Å²) < 4.78 is 6.95. The summed E-state index contributed by atoms with van der Waals surface area (Å²) in [4.78, 5) is 53.7. The number of pyridine rings is 1. The zero-order valence-electron chi connectivity index (χ0n) is 21.0. The smallest absolute Gasteiger partial charge is 0.339 e. The van der Waals surface area contributed by atoms with Gasteiger partial charge in [0.15, 0.2) is 6.61 Å². The summed E-state index contributed by atoms with van der Waals surface area (Å²) in [5, 5.41) is 14.1. The van der Waals surface area contributed by atoms with Gasteiger partial charge >= 0.3 is 5.97 Å². The summed E-state index contributed by atoms with van der Waals surface area (Å²) in [5.74, 6) is -2.03. The fraction of sp³-hybridized carbons (Fsp3) is 0.172. The van der Waals surface area contributed by atoms with Crippen LogP contribution in [0.1, 0.15) is 50.5 Å². The van der Waals surface area contributed by atoms with Gasteiger partial charge in [0, 0.05) is 30.8 Å². The van der Waals surface area contributed by atoms with Crippen LogP contribution in [0.4, 0.5) is 5.69 Å². The number of nitrogens with one attached hydrogen (secondary N) is 1. The molecule has 39 heavy (non-hydrogen) atoms. The first kappa shape index (κ1) is 25.5. The molecule has 2 amide bonds. The number of aryl methyl sites for hydroxylation is 1. The normalized spacial score (nSPS) is 13.6. The van der Waals surface area contributed by atoms with Crippen molar-refractivity contribution in [3.8, 4) is 0 Å². The molecule has 10 heteroatoms. The zero-order chi connectivity index (χ0) is 27.5. The number of non-ortho nitro benzene ring substituents is 1. The molecule has 0 fully saturated rings. The number of benzene rings is 2. The number of amides is 2. The molecule has 0 atom stereocenters. The summed E-state index contributed by atoms with van der Waals surface area (Å²) >= 11 is 0. The van der Waals surface area contributed by atoms with Crippen LogP contribution in [0.25, 0.3) is 22.6 Å². The lowest BCUT2D eigenvalue weighted by atomic mass is 9.86. The monoisotopic (exact) mass is 524 g/mol. The largest absolute Gasteiger partial charge is 0.452 e. The van der Waals surface area contributed by atoms with Crippen molar-refractivity contribution in [3.05, 3.63) is 105 Å². The highest BCUT2D eigenvalue weighted by Gasteiger charge is 2.27. The molecule has 0 spiro atoms. The SMILES string of the molecule is Cn1cccc1C(=O)NC(=O)COC(=O)c1c2c(nc3ccccc13)/C(=C/c1cccc([N+](=O)[O-])c1)CCC2. The van der Waals surface area contributed by atoms with E-state index in [-0.39, 0.29) is 5.69 Å². The van der Waals surface area contributed by atoms with E-state index in [1.165, 1.54) is 12.1 Å². The van der Waals surface area contributed by atoms with Gasteiger partial charge in [-0.05, 0) is 60.2 Å². The summed E-state index contributed by atoms with van der Waals surface area (Å²) in [6.45, 7) is -0.628. The van der Waals surface area contributed by atoms with Crippen molar-refractivity contribution in [2.75, 3.05) is 6.61 Å². The van der Waals surface area contributed by atoms with Crippen LogP contribution in [0.2, 0.25) is 0 Å². The summed E-state index contributed by atoms with van der Waals surface area (Å²) in [6.07, 6.45) is 5.52. The first-order valence-electron chi connectivity index (χ1n) is 12.3. The van der Waals surface area contributed by atoms with Crippen molar-refractivity contribution in [3.63, 3.8) is 0 Å². The van der Waals surface area contributed by atoms with Crippen molar-refractivity contribution in [1.29, 1.82) is 0 Å². The molecule has 0 unspecified atom stereocenters. The summed E-state index contributed by atoms with van der Waals surface area (Å²) in [5.41, 5.74) is 4.02. The number of rotatable bonds is 6. The molecule has 1 N–H and O–H groups in total. The molecule has 1 aliphatic carbocycles. The van der Waals surface area contributed by atoms with Crippen LogP contribution in [-0.2, 0) is 23.0 Å². The number of hydrogen-bond acceptors (Lipinski definition) is 7. The molecule has 0 bridgehead atoms. The fourth-order valence-electron chi connectivity index (χ4n) is 4.76. The molecule has 4 aromatic rings. The Morgan fingerprint density at radius 3 is 2.69 bits per heavy atom. The number of ether oxygens (including phenoxy) is 1. The predicted octanol–water partition coefficient (Wildman–Crippen LogP) is 4.47. The number of fused-ring (bicyclic) bond motifs is 2. The molecule has 0 radical (unpaired) electrons. The third-order valence-electron chi connectivity index (χ3n) is 6.56. The van der Waals surface area contributed by atoms with E-state index in [4.69, 9.17) is 9.72 Å². The van der Waals surface area contributed by atoms with Gasteiger partial charge in [0.1, 0.15) is 5.69 Å². The van der Waals surface area contributed by atoms with Crippen LogP contribution in [0, 0.1) is 10.1 Å². The Bertz CT molecular complexity index is 1670. The highest BCUT2D eigenvalue weighted by atomic mass is 16.6. The van der Waals surface area contributed by atoms with Crippen LogP contribution in [0.15, 0.2) is 66.9 Å². The number of hydrogen-bond donors (Lipinski definition) is 1. The molecule has 0 aliphatic heterocycles. The second-order valence-corrected chi connectivity index (χ2v) is 9.16. The van der Waals surface area contributed by atoms with Crippen molar-refractivity contribution in [2.24, 2.45) is 7.05 Å². The number of aromatic nitrogens is 2. The van der Waals surface area contributed by atoms with E-state index in [1.54, 1.807) is 60.3 Å². The van der Waals surface area contributed by atoms with Gasteiger partial charge < -0.3 is 9.30 Å². The third-order valence-corrected chi connectivity index (χ3v) is 6.56. The molecule has 1 aliphatic rings. The maximum Gasteiger partial charge on any atom is 0.339 e. The van der Waals surface area contributed by atoms with Crippen LogP contribution >= 0.6 is 0 Å². The molecular formula is C29H24N4O6. The number of carbonyl (C=O) groups is 3. The van der Waals surface area contributed by atoms with Crippen molar-refractivity contribution in [2.45, 2.75) is 19.3 Å². The quantitative estimate of drug-likeness (QED) is 0.223. The van der Waals surface area contributed by atoms with E-state index in [9.17, 15) is 24.5 Å². The van der Waals surface area contributed by atoms with Gasteiger partial charge in [0.2, 0.25) is 0 Å². The Hall–Kier alpha value is -5.12. The Morgan fingerprint density at radius 1 is 1.10 bits per heavy atom. The lowest BCUT2D eigenvalue weighted by Gasteiger charge is -2.22. The van der Waals surface area contributed by atoms with Crippen molar-refractivity contribution >= 4 is 46.0 Å². The number of carbonyl (C=O) groups excluding carboxylic acids is 3. The van der Waals surface area contributed by atoms with E-state index in [0.29, 0.717) is 51.8 Å². The second kappa shape index (κ2) is 10.7. The minimum absolute atomic E-state index is 0.0139. The van der Waals surface area contributed by atoms with Crippen LogP contribution < -0.4 is 5.32 Å². The highest BCUT2D eigenvalue weighted by molar-refractivity contribution is 6.08. The zero-order valence-corrected chi connectivity index (χ0v) is 21.0.